The molecule has 30 heavy (non-hydrogen) atoms. The van der Waals surface area contributed by atoms with Crippen molar-refractivity contribution < 1.29 is 9.84 Å². The van der Waals surface area contributed by atoms with Crippen molar-refractivity contribution in [1.82, 2.24) is 19.7 Å². The molecule has 7 nitrogen and oxygen atoms in total. The summed E-state index contributed by atoms with van der Waals surface area (Å²) in [5.74, 6) is 1.31. The topological polar surface area (TPSA) is 99.1 Å². The van der Waals surface area contributed by atoms with Crippen molar-refractivity contribution in [3.63, 3.8) is 0 Å². The van der Waals surface area contributed by atoms with E-state index >= 15 is 0 Å². The fourth-order valence-electron chi connectivity index (χ4n) is 3.62. The fraction of sp³-hybridized carbons (Fsp3) is 0.348. The molecule has 2 heterocycles. The summed E-state index contributed by atoms with van der Waals surface area (Å²) in [6.07, 6.45) is 4.11. The van der Waals surface area contributed by atoms with E-state index in [-0.39, 0.29) is 12.0 Å². The van der Waals surface area contributed by atoms with E-state index in [1.165, 1.54) is 6.33 Å². The number of fused-ring (bicyclic) bond motifs is 2. The number of anilines is 1. The van der Waals surface area contributed by atoms with Crippen LogP contribution in [0.5, 0.6) is 5.75 Å². The van der Waals surface area contributed by atoms with E-state index in [1.807, 2.05) is 30.7 Å². The number of nitrogens with zero attached hydrogens (tertiary/aromatic N) is 4. The highest BCUT2D eigenvalue weighted by Crippen LogP contribution is 2.34. The Hall–Kier alpha value is -3.19. The Bertz CT molecular complexity index is 1240. The number of hydrogen-bond acceptors (Lipinski definition) is 6. The van der Waals surface area contributed by atoms with E-state index in [4.69, 9.17) is 15.6 Å². The number of benzene rings is 2. The largest absolute Gasteiger partial charge is 0.490 e. The zero-order chi connectivity index (χ0) is 20.9. The number of hydrogen-bond donors (Lipinski definition) is 2. The normalized spacial score (nSPS) is 14.5. The van der Waals surface area contributed by atoms with Gasteiger partial charge >= 0.3 is 0 Å². The molecule has 0 radical (unpaired) electrons. The van der Waals surface area contributed by atoms with Crippen molar-refractivity contribution in [2.45, 2.75) is 39.3 Å². The van der Waals surface area contributed by atoms with Crippen LogP contribution >= 0.6 is 0 Å². The van der Waals surface area contributed by atoms with E-state index in [9.17, 15) is 5.11 Å². The van der Waals surface area contributed by atoms with Crippen LogP contribution in [0, 0.1) is 5.41 Å². The molecule has 0 amide bonds. The lowest BCUT2D eigenvalue weighted by atomic mass is 9.95. The van der Waals surface area contributed by atoms with Gasteiger partial charge in [0.25, 0.3) is 0 Å². The number of aromatic nitrogens is 4. The summed E-state index contributed by atoms with van der Waals surface area (Å²) >= 11 is 0. The minimum absolute atomic E-state index is 0.0471. The molecule has 7 heteroatoms. The predicted molar refractivity (Wildman–Crippen MR) is 117 cm³/mol. The Morgan fingerprint density at radius 1 is 1.13 bits per heavy atom. The van der Waals surface area contributed by atoms with Gasteiger partial charge < -0.3 is 15.6 Å². The van der Waals surface area contributed by atoms with Crippen LogP contribution in [-0.4, -0.2) is 37.6 Å². The third-order valence-corrected chi connectivity index (χ3v) is 5.48. The molecule has 154 valence electrons. The van der Waals surface area contributed by atoms with Crippen LogP contribution in [0.15, 0.2) is 42.7 Å². The standard InChI is InChI=1S/C23H25N5O2/c1-23(2,12-29)11-28-22-19(21(24)25-13-26-22)20(27-28)16-4-3-15-10-18(30-17-7-8-17)6-5-14(15)9-16/h3-6,9-10,13,17,29H,7-8,11-12H2,1-2H3,(H2,24,25,26). The second-order valence-corrected chi connectivity index (χ2v) is 8.83. The summed E-state index contributed by atoms with van der Waals surface area (Å²) in [4.78, 5) is 8.60. The average molecular weight is 403 g/mol. The van der Waals surface area contributed by atoms with Crippen molar-refractivity contribution in [3.05, 3.63) is 42.7 Å². The van der Waals surface area contributed by atoms with Crippen molar-refractivity contribution in [3.8, 4) is 17.0 Å². The molecule has 4 aromatic rings. The lowest BCUT2D eigenvalue weighted by molar-refractivity contribution is 0.138. The van der Waals surface area contributed by atoms with Gasteiger partial charge in [0, 0.05) is 17.6 Å². The molecular formula is C23H25N5O2. The maximum atomic E-state index is 9.70. The van der Waals surface area contributed by atoms with E-state index in [1.54, 1.807) is 0 Å². The van der Waals surface area contributed by atoms with Gasteiger partial charge in [-0.05, 0) is 41.8 Å². The molecular weight excluding hydrogens is 378 g/mol. The quantitative estimate of drug-likeness (QED) is 0.508. The molecule has 5 rings (SSSR count). The van der Waals surface area contributed by atoms with Crippen LogP contribution in [0.4, 0.5) is 5.82 Å². The highest BCUT2D eigenvalue weighted by atomic mass is 16.5. The van der Waals surface area contributed by atoms with Crippen molar-refractivity contribution in [1.29, 1.82) is 0 Å². The summed E-state index contributed by atoms with van der Waals surface area (Å²) in [5.41, 5.74) is 8.25. The Morgan fingerprint density at radius 3 is 2.67 bits per heavy atom. The lowest BCUT2D eigenvalue weighted by Crippen LogP contribution is -2.24. The molecule has 0 spiro atoms. The van der Waals surface area contributed by atoms with E-state index < -0.39 is 0 Å². The average Bonchev–Trinajstić information content (AvgIpc) is 3.47. The summed E-state index contributed by atoms with van der Waals surface area (Å²) in [7, 11) is 0. The van der Waals surface area contributed by atoms with Crippen molar-refractivity contribution >= 4 is 27.6 Å². The predicted octanol–water partition coefficient (Wildman–Crippen LogP) is 3.79. The minimum Gasteiger partial charge on any atom is -0.490 e. The number of ether oxygens (including phenoxy) is 1. The van der Waals surface area contributed by atoms with Crippen LogP contribution in [0.1, 0.15) is 26.7 Å². The summed E-state index contributed by atoms with van der Waals surface area (Å²) in [5, 5.41) is 17.5. The van der Waals surface area contributed by atoms with E-state index in [0.717, 1.165) is 46.0 Å². The first-order chi connectivity index (χ1) is 14.4. The molecule has 1 fully saturated rings. The van der Waals surface area contributed by atoms with E-state index in [2.05, 4.69) is 34.2 Å². The summed E-state index contributed by atoms with van der Waals surface area (Å²) in [6.45, 7) is 4.54. The summed E-state index contributed by atoms with van der Waals surface area (Å²) in [6, 6.07) is 12.4. The zero-order valence-corrected chi connectivity index (χ0v) is 17.2. The van der Waals surface area contributed by atoms with Gasteiger partial charge in [0.2, 0.25) is 0 Å². The Balaban J connectivity index is 1.60. The first kappa shape index (κ1) is 18.8. The number of aliphatic hydroxyl groups excluding tert-OH is 1. The second kappa shape index (κ2) is 6.95. The first-order valence-electron chi connectivity index (χ1n) is 10.2. The van der Waals surface area contributed by atoms with Gasteiger partial charge in [-0.2, -0.15) is 5.10 Å². The third-order valence-electron chi connectivity index (χ3n) is 5.48. The van der Waals surface area contributed by atoms with Gasteiger partial charge in [-0.25, -0.2) is 14.6 Å². The van der Waals surface area contributed by atoms with Crippen molar-refractivity contribution in [2.24, 2.45) is 5.41 Å². The second-order valence-electron chi connectivity index (χ2n) is 8.83. The molecule has 0 aliphatic heterocycles. The van der Waals surface area contributed by atoms with Gasteiger partial charge in [-0.3, -0.25) is 0 Å². The molecule has 2 aromatic heterocycles. The Kier molecular flexibility index (Phi) is 4.36. The molecule has 1 aliphatic rings. The highest BCUT2D eigenvalue weighted by molar-refractivity contribution is 6.00. The zero-order valence-electron chi connectivity index (χ0n) is 17.2. The molecule has 0 unspecified atom stereocenters. The van der Waals surface area contributed by atoms with Gasteiger partial charge in [-0.15, -0.1) is 0 Å². The number of nitrogen functional groups attached to an aromatic ring is 1. The van der Waals surface area contributed by atoms with Gasteiger partial charge in [0.1, 0.15) is 23.6 Å². The number of aliphatic hydroxyl groups is 1. The number of nitrogens with two attached hydrogens (primary N) is 1. The first-order valence-corrected chi connectivity index (χ1v) is 10.2. The van der Waals surface area contributed by atoms with Crippen molar-refractivity contribution in [2.75, 3.05) is 12.3 Å². The molecule has 0 bridgehead atoms. The molecule has 1 aliphatic carbocycles. The molecule has 2 aromatic carbocycles. The molecule has 0 atom stereocenters. The Morgan fingerprint density at radius 2 is 1.90 bits per heavy atom. The number of rotatable bonds is 6. The van der Waals surface area contributed by atoms with Crippen LogP contribution < -0.4 is 10.5 Å². The Labute approximate surface area is 174 Å². The fourth-order valence-corrected chi connectivity index (χ4v) is 3.62. The molecule has 1 saturated carbocycles. The van der Waals surface area contributed by atoms with Gasteiger partial charge in [0.05, 0.1) is 18.0 Å². The third kappa shape index (κ3) is 3.45. The highest BCUT2D eigenvalue weighted by Gasteiger charge is 2.24. The molecule has 0 saturated heterocycles. The van der Waals surface area contributed by atoms with Gasteiger partial charge in [-0.1, -0.05) is 32.0 Å². The van der Waals surface area contributed by atoms with Crippen LogP contribution in [0.2, 0.25) is 0 Å². The minimum atomic E-state index is -0.336. The maximum Gasteiger partial charge on any atom is 0.163 e. The SMILES string of the molecule is CC(C)(CO)Cn1nc(-c2ccc3cc(OC4CC4)ccc3c2)c2c(N)ncnc21. The monoisotopic (exact) mass is 403 g/mol. The maximum absolute atomic E-state index is 9.70. The smallest absolute Gasteiger partial charge is 0.163 e. The molecule has 3 N–H and O–H groups in total. The van der Waals surface area contributed by atoms with E-state index in [0.29, 0.717) is 24.1 Å². The van der Waals surface area contributed by atoms with Crippen LogP contribution in [-0.2, 0) is 6.54 Å². The van der Waals surface area contributed by atoms with Crippen LogP contribution in [0.3, 0.4) is 0 Å². The summed E-state index contributed by atoms with van der Waals surface area (Å²) < 4.78 is 7.73. The van der Waals surface area contributed by atoms with Gasteiger partial charge in [0.15, 0.2) is 5.65 Å². The lowest BCUT2D eigenvalue weighted by Gasteiger charge is -2.21. The van der Waals surface area contributed by atoms with Crippen LogP contribution in [0.25, 0.3) is 33.1 Å².